The Balaban J connectivity index is 1.55. The largest absolute Gasteiger partial charge is 0.482 e. The van der Waals surface area contributed by atoms with Crippen LogP contribution in [0.4, 0.5) is 4.39 Å². The predicted octanol–water partition coefficient (Wildman–Crippen LogP) is 4.60. The van der Waals surface area contributed by atoms with Gasteiger partial charge in [-0.25, -0.2) is 4.39 Å². The van der Waals surface area contributed by atoms with E-state index in [0.29, 0.717) is 19.4 Å². The lowest BCUT2D eigenvalue weighted by molar-refractivity contribution is 0.0697. The molecule has 1 unspecified atom stereocenters. The van der Waals surface area contributed by atoms with Gasteiger partial charge in [0.1, 0.15) is 25.1 Å². The highest BCUT2D eigenvalue weighted by Crippen LogP contribution is 2.34. The minimum Gasteiger partial charge on any atom is -0.482 e. The number of nitrogens with zero attached hydrogens (tertiary/aromatic N) is 4. The predicted molar refractivity (Wildman–Crippen MR) is 146 cm³/mol. The Bertz CT molecular complexity index is 1590. The molecule has 196 valence electrons. The van der Waals surface area contributed by atoms with Crippen LogP contribution in [-0.4, -0.2) is 33.7 Å². The first-order valence-corrected chi connectivity index (χ1v) is 12.9. The third-order valence-corrected chi connectivity index (χ3v) is 7.08. The van der Waals surface area contributed by atoms with Crippen molar-refractivity contribution in [1.29, 1.82) is 0 Å². The van der Waals surface area contributed by atoms with Crippen LogP contribution in [0.1, 0.15) is 45.3 Å². The zero-order valence-electron chi connectivity index (χ0n) is 21.2. The molecule has 0 saturated heterocycles. The van der Waals surface area contributed by atoms with Gasteiger partial charge < -0.3 is 9.64 Å². The van der Waals surface area contributed by atoms with Crippen molar-refractivity contribution in [1.82, 2.24) is 14.6 Å². The summed E-state index contributed by atoms with van der Waals surface area (Å²) in [6.07, 6.45) is 8.61. The third kappa shape index (κ3) is 4.81. The van der Waals surface area contributed by atoms with Crippen molar-refractivity contribution in [2.75, 3.05) is 18.2 Å². The zero-order valence-corrected chi connectivity index (χ0v) is 21.2. The van der Waals surface area contributed by atoms with E-state index in [0.717, 1.165) is 22.4 Å². The summed E-state index contributed by atoms with van der Waals surface area (Å²) in [5, 5.41) is 1.99. The summed E-state index contributed by atoms with van der Waals surface area (Å²) in [6, 6.07) is 21.0. The smallest absolute Gasteiger partial charge is 0.278 e. The quantitative estimate of drug-likeness (QED) is 0.367. The van der Waals surface area contributed by atoms with E-state index in [-0.39, 0.29) is 41.9 Å². The second-order valence-corrected chi connectivity index (χ2v) is 9.60. The van der Waals surface area contributed by atoms with Gasteiger partial charge in [-0.3, -0.25) is 24.3 Å². The molecule has 0 saturated carbocycles. The first kappa shape index (κ1) is 24.6. The van der Waals surface area contributed by atoms with Gasteiger partial charge in [0.2, 0.25) is 5.43 Å². The van der Waals surface area contributed by atoms with Crippen LogP contribution in [0.3, 0.4) is 0 Å². The van der Waals surface area contributed by atoms with Crippen LogP contribution in [-0.2, 0) is 13.0 Å². The summed E-state index contributed by atoms with van der Waals surface area (Å²) < 4.78 is 22.2. The van der Waals surface area contributed by atoms with Gasteiger partial charge in [0.15, 0.2) is 11.4 Å². The molecule has 2 aliphatic heterocycles. The first-order valence-electron chi connectivity index (χ1n) is 12.9. The maximum absolute atomic E-state index is 14.4. The number of hydrogen-bond donors (Lipinski definition) is 0. The number of aromatic nitrogens is 2. The van der Waals surface area contributed by atoms with Crippen LogP contribution in [0.15, 0.2) is 102 Å². The van der Waals surface area contributed by atoms with Gasteiger partial charge in [0.05, 0.1) is 5.69 Å². The van der Waals surface area contributed by atoms with E-state index in [4.69, 9.17) is 4.74 Å². The molecule has 4 aromatic rings. The SMILES string of the molecule is O=C1c2c(OCc3ccccc3)c(=O)ccn2N2CN1C/C=C\CCc1cc(F)ccc1C2c1ccccn1. The molecule has 0 fully saturated rings. The van der Waals surface area contributed by atoms with Crippen LogP contribution in [0, 0.1) is 5.82 Å². The number of allylic oxidation sites excluding steroid dienone is 1. The fourth-order valence-corrected chi connectivity index (χ4v) is 5.22. The average Bonchev–Trinajstić information content (AvgIpc) is 2.99. The van der Waals surface area contributed by atoms with Crippen molar-refractivity contribution < 1.29 is 13.9 Å². The molecule has 1 amide bonds. The van der Waals surface area contributed by atoms with Gasteiger partial charge in [0.25, 0.3) is 5.91 Å². The number of hydrogen-bond acceptors (Lipinski definition) is 5. The monoisotopic (exact) mass is 522 g/mol. The number of ether oxygens (including phenoxy) is 1. The highest BCUT2D eigenvalue weighted by atomic mass is 19.1. The summed E-state index contributed by atoms with van der Waals surface area (Å²) in [6.45, 7) is 0.734. The highest BCUT2D eigenvalue weighted by molar-refractivity contribution is 5.96. The summed E-state index contributed by atoms with van der Waals surface area (Å²) in [7, 11) is 0. The molecule has 4 heterocycles. The number of pyridine rings is 2. The fourth-order valence-electron chi connectivity index (χ4n) is 5.22. The van der Waals surface area contributed by atoms with Crippen LogP contribution in [0.2, 0.25) is 0 Å². The molecule has 8 heteroatoms. The minimum atomic E-state index is -0.460. The number of carbonyl (C=O) groups is 1. The molecule has 1 atom stereocenters. The lowest BCUT2D eigenvalue weighted by Gasteiger charge is -2.43. The molecule has 0 N–H and O–H groups in total. The molecule has 7 nitrogen and oxygen atoms in total. The standard InChI is InChI=1S/C31H27FN4O3/c32-24-13-14-25-23(19-24)11-5-2-8-17-34-21-36(28(25)26-12-6-7-16-33-26)35-18-15-27(37)30(29(35)31(34)38)39-20-22-9-3-1-4-10-22/h1-4,6-10,12-16,18-19,28H,5,11,17,20-21H2/b8-2-. The van der Waals surface area contributed by atoms with Crippen LogP contribution in [0.5, 0.6) is 5.75 Å². The van der Waals surface area contributed by atoms with Gasteiger partial charge in [-0.1, -0.05) is 54.6 Å². The normalized spacial score (nSPS) is 17.6. The second kappa shape index (κ2) is 10.6. The Labute approximate surface area is 225 Å². The number of amides is 1. The van der Waals surface area contributed by atoms with Gasteiger partial charge in [-0.15, -0.1) is 0 Å². The van der Waals surface area contributed by atoms with Gasteiger partial charge in [-0.05, 0) is 53.8 Å². The fraction of sp³-hybridized carbons (Fsp3) is 0.194. The van der Waals surface area contributed by atoms with E-state index in [1.54, 1.807) is 34.1 Å². The van der Waals surface area contributed by atoms with E-state index in [1.807, 2.05) is 65.7 Å². The third-order valence-electron chi connectivity index (χ3n) is 7.08. The molecular weight excluding hydrogens is 495 g/mol. The van der Waals surface area contributed by atoms with Crippen LogP contribution >= 0.6 is 0 Å². The molecule has 6 rings (SSSR count). The molecule has 2 aromatic heterocycles. The number of aryl methyl sites for hydroxylation is 1. The maximum atomic E-state index is 14.4. The summed E-state index contributed by atoms with van der Waals surface area (Å²) in [5.41, 5.74) is 3.15. The van der Waals surface area contributed by atoms with E-state index < -0.39 is 6.04 Å². The van der Waals surface area contributed by atoms with Gasteiger partial charge in [-0.2, -0.15) is 0 Å². The molecule has 2 bridgehead atoms. The Morgan fingerprint density at radius 1 is 0.974 bits per heavy atom. The van der Waals surface area contributed by atoms with Crippen molar-refractivity contribution in [2.24, 2.45) is 0 Å². The number of carbonyl (C=O) groups excluding carboxylic acids is 1. The molecular formula is C31H27FN4O3. The van der Waals surface area contributed by atoms with Crippen LogP contribution < -0.4 is 15.2 Å². The van der Waals surface area contributed by atoms with Crippen molar-refractivity contribution in [2.45, 2.75) is 25.5 Å². The lowest BCUT2D eigenvalue weighted by atomic mass is 9.94. The molecule has 0 spiro atoms. The molecule has 0 radical (unpaired) electrons. The van der Waals surface area contributed by atoms with Gasteiger partial charge >= 0.3 is 0 Å². The molecule has 0 aliphatic carbocycles. The Morgan fingerprint density at radius 2 is 1.82 bits per heavy atom. The lowest BCUT2D eigenvalue weighted by Crippen LogP contribution is -2.55. The van der Waals surface area contributed by atoms with Crippen molar-refractivity contribution >= 4 is 5.91 Å². The zero-order chi connectivity index (χ0) is 26.8. The van der Waals surface area contributed by atoms with Crippen molar-refractivity contribution in [3.05, 3.63) is 141 Å². The molecule has 2 aromatic carbocycles. The number of benzene rings is 2. The number of fused-ring (bicyclic) bond motifs is 5. The number of rotatable bonds is 4. The van der Waals surface area contributed by atoms with Crippen molar-refractivity contribution in [3.63, 3.8) is 0 Å². The molecule has 39 heavy (non-hydrogen) atoms. The van der Waals surface area contributed by atoms with E-state index in [2.05, 4.69) is 4.98 Å². The second-order valence-electron chi connectivity index (χ2n) is 9.60. The summed E-state index contributed by atoms with van der Waals surface area (Å²) in [4.78, 5) is 33.3. The first-order chi connectivity index (χ1) is 19.1. The average molecular weight is 523 g/mol. The van der Waals surface area contributed by atoms with E-state index in [9.17, 15) is 14.0 Å². The Hall–Kier alpha value is -4.72. The summed E-state index contributed by atoms with van der Waals surface area (Å²) >= 11 is 0. The van der Waals surface area contributed by atoms with Crippen LogP contribution in [0.25, 0.3) is 0 Å². The Kier molecular flexibility index (Phi) is 6.67. The molecule has 2 aliphatic rings. The maximum Gasteiger partial charge on any atom is 0.278 e. The van der Waals surface area contributed by atoms with E-state index >= 15 is 0 Å². The topological polar surface area (TPSA) is 67.7 Å². The number of halogens is 1. The Morgan fingerprint density at radius 3 is 2.64 bits per heavy atom. The van der Waals surface area contributed by atoms with E-state index in [1.165, 1.54) is 12.1 Å². The highest BCUT2D eigenvalue weighted by Gasteiger charge is 2.38. The summed E-state index contributed by atoms with van der Waals surface area (Å²) in [5.74, 6) is -0.600. The van der Waals surface area contributed by atoms with Crippen molar-refractivity contribution in [3.8, 4) is 5.75 Å². The minimum absolute atomic E-state index is 0.000921. The van der Waals surface area contributed by atoms with Gasteiger partial charge in [0, 0.05) is 25.0 Å².